The first-order chi connectivity index (χ1) is 12.7. The first kappa shape index (κ1) is 17.7. The van der Waals surface area contributed by atoms with Gasteiger partial charge in [-0.05, 0) is 31.9 Å². The number of amides is 1. The molecule has 1 saturated heterocycles. The molecule has 2 aromatic heterocycles. The number of ether oxygens (including phenoxy) is 1. The van der Waals surface area contributed by atoms with Gasteiger partial charge in [0.15, 0.2) is 0 Å². The van der Waals surface area contributed by atoms with E-state index in [0.29, 0.717) is 6.61 Å². The number of carbonyl (C=O) groups excluding carboxylic acids is 1. The molecule has 1 amide bonds. The highest BCUT2D eigenvalue weighted by molar-refractivity contribution is 7.11. The molecule has 0 N–H and O–H groups in total. The molecule has 2 aromatic rings. The molecule has 0 unspecified atom stereocenters. The van der Waals surface area contributed by atoms with Crippen LogP contribution in [0.25, 0.3) is 0 Å². The van der Waals surface area contributed by atoms with Gasteiger partial charge in [-0.25, -0.2) is 4.98 Å². The molecule has 0 saturated carbocycles. The van der Waals surface area contributed by atoms with Crippen LogP contribution in [0.5, 0.6) is 0 Å². The van der Waals surface area contributed by atoms with E-state index in [1.807, 2.05) is 28.8 Å². The van der Waals surface area contributed by atoms with Crippen molar-refractivity contribution >= 4 is 17.2 Å². The van der Waals surface area contributed by atoms with Crippen molar-refractivity contribution in [2.45, 2.75) is 38.9 Å². The number of carbonyl (C=O) groups is 1. The summed E-state index contributed by atoms with van der Waals surface area (Å²) in [6.45, 7) is 7.41. The van der Waals surface area contributed by atoms with Crippen LogP contribution in [0, 0.1) is 6.92 Å². The molecular weight excluding hydrogens is 348 g/mol. The fraction of sp³-hybridized carbons (Fsp3) is 0.579. The molecule has 0 bridgehead atoms. The Hall–Kier alpha value is -1.70. The predicted molar refractivity (Wildman–Crippen MR) is 101 cm³/mol. The van der Waals surface area contributed by atoms with Gasteiger partial charge in [-0.1, -0.05) is 0 Å². The molecule has 140 valence electrons. The number of hydrogen-bond acceptors (Lipinski definition) is 5. The number of imidazole rings is 1. The zero-order valence-electron chi connectivity index (χ0n) is 15.3. The van der Waals surface area contributed by atoms with Crippen molar-refractivity contribution in [3.05, 3.63) is 40.1 Å². The summed E-state index contributed by atoms with van der Waals surface area (Å²) >= 11 is 1.86. The average molecular weight is 375 g/mol. The minimum atomic E-state index is 0.120. The number of rotatable bonds is 6. The summed E-state index contributed by atoms with van der Waals surface area (Å²) in [5.41, 5.74) is 1.21. The first-order valence-electron chi connectivity index (χ1n) is 9.33. The molecule has 26 heavy (non-hydrogen) atoms. The number of aryl methyl sites for hydroxylation is 1. The van der Waals surface area contributed by atoms with Gasteiger partial charge in [0, 0.05) is 48.7 Å². The van der Waals surface area contributed by atoms with Crippen LogP contribution in [0.3, 0.4) is 0 Å². The smallest absolute Gasteiger partial charge is 0.248 e. The minimum absolute atomic E-state index is 0.120. The van der Waals surface area contributed by atoms with Crippen LogP contribution < -0.4 is 0 Å². The lowest BCUT2D eigenvalue weighted by molar-refractivity contribution is -0.135. The molecule has 0 aliphatic carbocycles. The van der Waals surface area contributed by atoms with Gasteiger partial charge in [0.05, 0.1) is 24.7 Å². The molecule has 2 aliphatic heterocycles. The standard InChI is InChI=1S/C19H26N4O2S/c1-15-4-5-18(26-15)11-21-9-16-8-20-14-23(16)17(10-21)12-25-13-19(24)22-6-2-3-7-22/h4-5,8,14,17H,2-3,6-7,9-13H2,1H3/t17-/m0/s1. The maximum atomic E-state index is 12.2. The van der Waals surface area contributed by atoms with E-state index in [2.05, 4.69) is 33.5 Å². The quantitative estimate of drug-likeness (QED) is 0.779. The van der Waals surface area contributed by atoms with E-state index in [1.165, 1.54) is 15.4 Å². The fourth-order valence-electron chi connectivity index (χ4n) is 3.85. The van der Waals surface area contributed by atoms with Crippen LogP contribution in [-0.4, -0.2) is 58.1 Å². The topological polar surface area (TPSA) is 50.6 Å². The van der Waals surface area contributed by atoms with Crippen LogP contribution in [0.1, 0.15) is 34.3 Å². The van der Waals surface area contributed by atoms with E-state index < -0.39 is 0 Å². The Kier molecular flexibility index (Phi) is 5.38. The fourth-order valence-corrected chi connectivity index (χ4v) is 4.78. The third-order valence-corrected chi connectivity index (χ3v) is 6.15. The monoisotopic (exact) mass is 374 g/mol. The van der Waals surface area contributed by atoms with E-state index in [4.69, 9.17) is 4.74 Å². The van der Waals surface area contributed by atoms with E-state index >= 15 is 0 Å². The van der Waals surface area contributed by atoms with Crippen molar-refractivity contribution in [1.82, 2.24) is 19.4 Å². The number of nitrogens with zero attached hydrogens (tertiary/aromatic N) is 4. The normalized spacial score (nSPS) is 20.5. The lowest BCUT2D eigenvalue weighted by atomic mass is 10.2. The third kappa shape index (κ3) is 4.00. The Morgan fingerprint density at radius 3 is 2.96 bits per heavy atom. The van der Waals surface area contributed by atoms with Crippen LogP contribution >= 0.6 is 11.3 Å². The molecule has 7 heteroatoms. The second-order valence-electron chi connectivity index (χ2n) is 7.23. The van der Waals surface area contributed by atoms with Crippen molar-refractivity contribution in [2.24, 2.45) is 0 Å². The maximum absolute atomic E-state index is 12.2. The summed E-state index contributed by atoms with van der Waals surface area (Å²) in [7, 11) is 0. The molecule has 0 spiro atoms. The van der Waals surface area contributed by atoms with Crippen molar-refractivity contribution in [2.75, 3.05) is 32.8 Å². The number of likely N-dealkylation sites (tertiary alicyclic amines) is 1. The van der Waals surface area contributed by atoms with Crippen molar-refractivity contribution in [3.8, 4) is 0 Å². The summed E-state index contributed by atoms with van der Waals surface area (Å²) in [5.74, 6) is 0.120. The lowest BCUT2D eigenvalue weighted by Crippen LogP contribution is -2.39. The summed E-state index contributed by atoms with van der Waals surface area (Å²) in [6.07, 6.45) is 6.06. The Bertz CT molecular complexity index is 750. The molecule has 6 nitrogen and oxygen atoms in total. The molecular formula is C19H26N4O2S. The second kappa shape index (κ2) is 7.90. The number of hydrogen-bond donors (Lipinski definition) is 0. The summed E-state index contributed by atoms with van der Waals surface area (Å²) < 4.78 is 8.02. The van der Waals surface area contributed by atoms with Gasteiger partial charge in [0.2, 0.25) is 5.91 Å². The highest BCUT2D eigenvalue weighted by Gasteiger charge is 2.26. The molecule has 1 fully saturated rings. The number of fused-ring (bicyclic) bond motifs is 1. The van der Waals surface area contributed by atoms with E-state index in [9.17, 15) is 4.79 Å². The zero-order valence-corrected chi connectivity index (χ0v) is 16.1. The SMILES string of the molecule is Cc1ccc(CN2Cc3cncn3[C@H](COCC(=O)N3CCCC3)C2)s1. The van der Waals surface area contributed by atoms with Crippen molar-refractivity contribution < 1.29 is 9.53 Å². The third-order valence-electron chi connectivity index (χ3n) is 5.16. The van der Waals surface area contributed by atoms with Gasteiger partial charge in [0.25, 0.3) is 0 Å². The highest BCUT2D eigenvalue weighted by atomic mass is 32.1. The Morgan fingerprint density at radius 1 is 1.35 bits per heavy atom. The molecule has 1 atom stereocenters. The lowest BCUT2D eigenvalue weighted by Gasteiger charge is -2.34. The summed E-state index contributed by atoms with van der Waals surface area (Å²) in [6, 6.07) is 4.60. The first-order valence-corrected chi connectivity index (χ1v) is 10.1. The predicted octanol–water partition coefficient (Wildman–Crippen LogP) is 2.45. The maximum Gasteiger partial charge on any atom is 0.248 e. The zero-order chi connectivity index (χ0) is 17.9. The van der Waals surface area contributed by atoms with Gasteiger partial charge in [-0.3, -0.25) is 9.69 Å². The number of aromatic nitrogens is 2. The Labute approximate surface area is 158 Å². The van der Waals surface area contributed by atoms with Gasteiger partial charge in [0.1, 0.15) is 6.61 Å². The van der Waals surface area contributed by atoms with E-state index in [0.717, 1.165) is 45.6 Å². The van der Waals surface area contributed by atoms with Gasteiger partial charge >= 0.3 is 0 Å². The second-order valence-corrected chi connectivity index (χ2v) is 8.60. The largest absolute Gasteiger partial charge is 0.369 e. The molecule has 4 rings (SSSR count). The van der Waals surface area contributed by atoms with Crippen LogP contribution in [-0.2, 0) is 22.6 Å². The van der Waals surface area contributed by atoms with Crippen LogP contribution in [0.2, 0.25) is 0 Å². The van der Waals surface area contributed by atoms with Gasteiger partial charge in [-0.2, -0.15) is 0 Å². The van der Waals surface area contributed by atoms with Crippen molar-refractivity contribution in [3.63, 3.8) is 0 Å². The van der Waals surface area contributed by atoms with Gasteiger partial charge in [-0.15, -0.1) is 11.3 Å². The summed E-state index contributed by atoms with van der Waals surface area (Å²) in [5, 5.41) is 0. The van der Waals surface area contributed by atoms with E-state index in [-0.39, 0.29) is 18.6 Å². The molecule has 0 aromatic carbocycles. The molecule has 4 heterocycles. The summed E-state index contributed by atoms with van der Waals surface area (Å²) in [4.78, 5) is 23.6. The average Bonchev–Trinajstić information content (AvgIpc) is 3.36. The van der Waals surface area contributed by atoms with E-state index in [1.54, 1.807) is 0 Å². The Balaban J connectivity index is 1.34. The Morgan fingerprint density at radius 2 is 2.19 bits per heavy atom. The molecule has 2 aliphatic rings. The molecule has 0 radical (unpaired) electrons. The van der Waals surface area contributed by atoms with Crippen LogP contribution in [0.15, 0.2) is 24.7 Å². The highest BCUT2D eigenvalue weighted by Crippen LogP contribution is 2.25. The van der Waals surface area contributed by atoms with Crippen LogP contribution in [0.4, 0.5) is 0 Å². The minimum Gasteiger partial charge on any atom is -0.369 e. The van der Waals surface area contributed by atoms with Crippen molar-refractivity contribution in [1.29, 1.82) is 0 Å². The number of thiophene rings is 1. The van der Waals surface area contributed by atoms with Gasteiger partial charge < -0.3 is 14.2 Å².